The molecule has 0 radical (unpaired) electrons. The van der Waals surface area contributed by atoms with Gasteiger partial charge in [-0.1, -0.05) is 54.2 Å². The number of amides is 1. The first-order chi connectivity index (χ1) is 15.4. The van der Waals surface area contributed by atoms with Crippen LogP contribution in [-0.4, -0.2) is 26.6 Å². The highest BCUT2D eigenvalue weighted by atomic mass is 32.2. The van der Waals surface area contributed by atoms with Crippen molar-refractivity contribution in [2.45, 2.75) is 17.3 Å². The maximum absolute atomic E-state index is 13.2. The van der Waals surface area contributed by atoms with Gasteiger partial charge in [0.25, 0.3) is 5.69 Å². The minimum atomic E-state index is -0.646. The van der Waals surface area contributed by atoms with Gasteiger partial charge in [-0.05, 0) is 30.7 Å². The van der Waals surface area contributed by atoms with Crippen LogP contribution >= 0.6 is 11.8 Å². The number of thioether (sulfide) groups is 1. The summed E-state index contributed by atoms with van der Waals surface area (Å²) in [6.45, 7) is 1.47. The molecule has 0 fully saturated rings. The summed E-state index contributed by atoms with van der Waals surface area (Å²) in [4.78, 5) is 43.0. The molecule has 1 amide bonds. The molecule has 4 rings (SSSR count). The lowest BCUT2D eigenvalue weighted by atomic mass is 10.1. The molecule has 1 aromatic heterocycles. The summed E-state index contributed by atoms with van der Waals surface area (Å²) >= 11 is 1.20. The van der Waals surface area contributed by atoms with Crippen molar-refractivity contribution in [3.8, 4) is 0 Å². The zero-order chi connectivity index (χ0) is 22.7. The Hall–Kier alpha value is -3.98. The molecule has 0 aliphatic rings. The van der Waals surface area contributed by atoms with Crippen molar-refractivity contribution < 1.29 is 14.5 Å². The van der Waals surface area contributed by atoms with Crippen molar-refractivity contribution >= 4 is 45.9 Å². The number of ketones is 1. The van der Waals surface area contributed by atoms with Gasteiger partial charge in [0.15, 0.2) is 10.9 Å². The van der Waals surface area contributed by atoms with E-state index in [2.05, 4.69) is 15.3 Å². The van der Waals surface area contributed by atoms with Crippen molar-refractivity contribution in [3.05, 3.63) is 94.0 Å². The van der Waals surface area contributed by atoms with Gasteiger partial charge < -0.3 is 10.3 Å². The van der Waals surface area contributed by atoms with Gasteiger partial charge in [0.05, 0.1) is 16.0 Å². The van der Waals surface area contributed by atoms with E-state index in [1.165, 1.54) is 30.8 Å². The molecule has 0 bridgehead atoms. The lowest BCUT2D eigenvalue weighted by molar-refractivity contribution is -0.384. The number of carbonyl (C=O) groups is 2. The number of nitrogens with zero attached hydrogens (tertiary/aromatic N) is 2. The topological polar surface area (TPSA) is 118 Å². The number of benzene rings is 3. The van der Waals surface area contributed by atoms with Crippen molar-refractivity contribution in [3.63, 3.8) is 0 Å². The number of Topliss-reactive ketones (excluding diaryl/α,β-unsaturated/α-hetero) is 1. The zero-order valence-corrected chi connectivity index (χ0v) is 17.8. The number of nitro groups is 1. The fourth-order valence-electron chi connectivity index (χ4n) is 3.18. The Balaban J connectivity index is 1.63. The van der Waals surface area contributed by atoms with E-state index in [4.69, 9.17) is 0 Å². The molecule has 1 heterocycles. The van der Waals surface area contributed by atoms with E-state index >= 15 is 0 Å². The molecule has 4 aromatic rings. The monoisotopic (exact) mass is 446 g/mol. The first-order valence-electron chi connectivity index (χ1n) is 9.68. The second-order valence-electron chi connectivity index (χ2n) is 7.04. The molecule has 9 heteroatoms. The summed E-state index contributed by atoms with van der Waals surface area (Å²) in [5, 5.41) is 13.7. The number of H-pyrrole nitrogens is 1. The third kappa shape index (κ3) is 4.68. The summed E-state index contributed by atoms with van der Waals surface area (Å²) < 4.78 is 0. The van der Waals surface area contributed by atoms with Crippen LogP contribution in [0.3, 0.4) is 0 Å². The predicted molar refractivity (Wildman–Crippen MR) is 123 cm³/mol. The van der Waals surface area contributed by atoms with E-state index in [0.717, 1.165) is 5.56 Å². The van der Waals surface area contributed by atoms with E-state index in [9.17, 15) is 19.7 Å². The molecule has 0 aliphatic heterocycles. The van der Waals surface area contributed by atoms with Crippen LogP contribution < -0.4 is 5.32 Å². The van der Waals surface area contributed by atoms with Gasteiger partial charge in [0, 0.05) is 23.4 Å². The molecule has 1 atom stereocenters. The molecule has 0 unspecified atom stereocenters. The number of hydrogen-bond acceptors (Lipinski definition) is 6. The standard InChI is InChI=1S/C23H18N4O4S/c1-14(28)16-8-5-9-17(12-16)24-22(29)21(15-6-3-2-4-7-15)32-23-25-19-11-10-18(27(30)31)13-20(19)26-23/h2-13,21H,1H3,(H,24,29)(H,25,26)/t21-/m1/s1. The second-order valence-corrected chi connectivity index (χ2v) is 8.13. The quantitative estimate of drug-likeness (QED) is 0.175. The third-order valence-corrected chi connectivity index (χ3v) is 5.90. The lowest BCUT2D eigenvalue weighted by Gasteiger charge is -2.16. The van der Waals surface area contributed by atoms with Crippen LogP contribution in [0.1, 0.15) is 28.1 Å². The van der Waals surface area contributed by atoms with Crippen molar-refractivity contribution in [1.82, 2.24) is 9.97 Å². The Morgan fingerprint density at radius 1 is 1.06 bits per heavy atom. The van der Waals surface area contributed by atoms with Gasteiger partial charge in [0.2, 0.25) is 5.91 Å². The van der Waals surface area contributed by atoms with E-state index in [-0.39, 0.29) is 17.4 Å². The molecule has 2 N–H and O–H groups in total. The molecule has 0 aliphatic carbocycles. The molecule has 0 saturated heterocycles. The van der Waals surface area contributed by atoms with Crippen LogP contribution in [0.15, 0.2) is 78.0 Å². The number of nitrogens with one attached hydrogen (secondary N) is 2. The lowest BCUT2D eigenvalue weighted by Crippen LogP contribution is -2.19. The molecule has 3 aromatic carbocycles. The minimum absolute atomic E-state index is 0.0413. The molecule has 0 spiro atoms. The summed E-state index contributed by atoms with van der Waals surface area (Å²) in [6, 6.07) is 20.4. The van der Waals surface area contributed by atoms with Gasteiger partial charge >= 0.3 is 0 Å². The molecular formula is C23H18N4O4S. The van der Waals surface area contributed by atoms with Gasteiger partial charge in [0.1, 0.15) is 5.25 Å². The number of aromatic nitrogens is 2. The SMILES string of the molecule is CC(=O)c1cccc(NC(=O)[C@H](Sc2nc3ccc([N+](=O)[O-])cc3[nH]2)c2ccccc2)c1. The van der Waals surface area contributed by atoms with Crippen molar-refractivity contribution in [2.24, 2.45) is 0 Å². The number of rotatable bonds is 7. The molecule has 160 valence electrons. The number of fused-ring (bicyclic) bond motifs is 1. The average molecular weight is 446 g/mol. The fraction of sp³-hybridized carbons (Fsp3) is 0.0870. The summed E-state index contributed by atoms with van der Waals surface area (Å²) in [5.41, 5.74) is 2.84. The van der Waals surface area contributed by atoms with Gasteiger partial charge in [-0.3, -0.25) is 19.7 Å². The van der Waals surface area contributed by atoms with Crippen LogP contribution in [0.5, 0.6) is 0 Å². The maximum Gasteiger partial charge on any atom is 0.271 e. The highest BCUT2D eigenvalue weighted by molar-refractivity contribution is 8.00. The summed E-state index contributed by atoms with van der Waals surface area (Å²) in [7, 11) is 0. The van der Waals surface area contributed by atoms with E-state index < -0.39 is 10.2 Å². The van der Waals surface area contributed by atoms with E-state index in [0.29, 0.717) is 27.4 Å². The number of anilines is 1. The maximum atomic E-state index is 13.2. The van der Waals surface area contributed by atoms with Crippen molar-refractivity contribution in [2.75, 3.05) is 5.32 Å². The normalized spacial score (nSPS) is 11.8. The highest BCUT2D eigenvalue weighted by Gasteiger charge is 2.24. The molecular weight excluding hydrogens is 428 g/mol. The fourth-order valence-corrected chi connectivity index (χ4v) is 4.18. The number of nitro benzene ring substituents is 1. The Labute approximate surface area is 187 Å². The van der Waals surface area contributed by atoms with E-state index in [1.54, 1.807) is 30.3 Å². The van der Waals surface area contributed by atoms with Gasteiger partial charge in [-0.15, -0.1) is 0 Å². The highest BCUT2D eigenvalue weighted by Crippen LogP contribution is 2.36. The smallest absolute Gasteiger partial charge is 0.271 e. The number of imidazole rings is 1. The largest absolute Gasteiger partial charge is 0.333 e. The van der Waals surface area contributed by atoms with Gasteiger partial charge in [-0.25, -0.2) is 4.98 Å². The first-order valence-corrected chi connectivity index (χ1v) is 10.6. The van der Waals surface area contributed by atoms with Crippen molar-refractivity contribution in [1.29, 1.82) is 0 Å². The second kappa shape index (κ2) is 9.03. The first kappa shape index (κ1) is 21.3. The summed E-state index contributed by atoms with van der Waals surface area (Å²) in [6.07, 6.45) is 0. The molecule has 8 nitrogen and oxygen atoms in total. The minimum Gasteiger partial charge on any atom is -0.333 e. The Morgan fingerprint density at radius 3 is 2.56 bits per heavy atom. The Bertz CT molecular complexity index is 1320. The molecule has 32 heavy (non-hydrogen) atoms. The van der Waals surface area contributed by atoms with E-state index in [1.807, 2.05) is 30.3 Å². The number of non-ortho nitro benzene ring substituents is 1. The molecule has 0 saturated carbocycles. The number of carbonyl (C=O) groups excluding carboxylic acids is 2. The summed E-state index contributed by atoms with van der Waals surface area (Å²) in [5.74, 6) is -0.375. The average Bonchev–Trinajstić information content (AvgIpc) is 3.20. The zero-order valence-electron chi connectivity index (χ0n) is 16.9. The third-order valence-electron chi connectivity index (χ3n) is 4.76. The Morgan fingerprint density at radius 2 is 1.84 bits per heavy atom. The van der Waals surface area contributed by atoms with Crippen LogP contribution in [0.25, 0.3) is 11.0 Å². The number of aromatic amines is 1. The number of hydrogen-bond donors (Lipinski definition) is 2. The van der Waals surface area contributed by atoms with Gasteiger partial charge in [-0.2, -0.15) is 0 Å². The van der Waals surface area contributed by atoms with Crippen LogP contribution in [0.4, 0.5) is 11.4 Å². The predicted octanol–water partition coefficient (Wildman–Crippen LogP) is 5.15. The Kier molecular flexibility index (Phi) is 6.00. The van der Waals surface area contributed by atoms with Crippen LogP contribution in [-0.2, 0) is 4.79 Å². The van der Waals surface area contributed by atoms with Crippen LogP contribution in [0.2, 0.25) is 0 Å². The van der Waals surface area contributed by atoms with Crippen LogP contribution in [0, 0.1) is 10.1 Å².